The number of hydrogen-bond donors (Lipinski definition) is 1. The first-order valence-corrected chi connectivity index (χ1v) is 9.04. The molecule has 9 nitrogen and oxygen atoms in total. The highest BCUT2D eigenvalue weighted by Gasteiger charge is 2.28. The molecule has 0 unspecified atom stereocenters. The van der Waals surface area contributed by atoms with Crippen molar-refractivity contribution in [2.75, 3.05) is 36.5 Å². The van der Waals surface area contributed by atoms with Gasteiger partial charge in [-0.2, -0.15) is 13.5 Å². The highest BCUT2D eigenvalue weighted by Crippen LogP contribution is 2.30. The number of hydrogen-bond acceptors (Lipinski definition) is 7. The highest BCUT2D eigenvalue weighted by molar-refractivity contribution is 5.95. The number of fused-ring (bicyclic) bond motifs is 1. The van der Waals surface area contributed by atoms with E-state index in [9.17, 15) is 13.6 Å². The smallest absolute Gasteiger partial charge is 0.287 e. The Morgan fingerprint density at radius 2 is 2.03 bits per heavy atom. The number of aromatic nitrogens is 5. The molecule has 0 bridgehead atoms. The number of anilines is 2. The van der Waals surface area contributed by atoms with Gasteiger partial charge in [0.15, 0.2) is 5.82 Å². The van der Waals surface area contributed by atoms with Crippen LogP contribution in [0.4, 0.5) is 20.4 Å². The average Bonchev–Trinajstić information content (AvgIpc) is 3.06. The van der Waals surface area contributed by atoms with Crippen LogP contribution >= 0.6 is 0 Å². The number of alkyl halides is 2. The van der Waals surface area contributed by atoms with E-state index >= 15 is 0 Å². The zero-order valence-electron chi connectivity index (χ0n) is 15.9. The van der Waals surface area contributed by atoms with Gasteiger partial charge in [0, 0.05) is 45.4 Å². The van der Waals surface area contributed by atoms with E-state index in [2.05, 4.69) is 25.4 Å². The summed E-state index contributed by atoms with van der Waals surface area (Å²) in [6, 6.07) is 2.79. The summed E-state index contributed by atoms with van der Waals surface area (Å²) < 4.78 is 34.3. The molecule has 1 fully saturated rings. The monoisotopic (exact) mass is 403 g/mol. The molecular formula is C18H19F2N7O2. The van der Waals surface area contributed by atoms with Crippen molar-refractivity contribution >= 4 is 28.4 Å². The first kappa shape index (κ1) is 19.1. The third kappa shape index (κ3) is 3.86. The third-order valence-corrected chi connectivity index (χ3v) is 4.44. The normalized spacial score (nSPS) is 15.0. The summed E-state index contributed by atoms with van der Waals surface area (Å²) in [5.74, 6) is -2.44. The molecule has 0 aromatic carbocycles. The van der Waals surface area contributed by atoms with Crippen molar-refractivity contribution < 1.29 is 18.3 Å². The summed E-state index contributed by atoms with van der Waals surface area (Å²) in [5.41, 5.74) is 0.136. The van der Waals surface area contributed by atoms with Gasteiger partial charge >= 0.3 is 0 Å². The first-order chi connectivity index (χ1) is 13.8. The maximum Gasteiger partial charge on any atom is 0.287 e. The molecule has 3 aromatic heterocycles. The van der Waals surface area contributed by atoms with Gasteiger partial charge in [-0.15, -0.1) is 5.10 Å². The summed E-state index contributed by atoms with van der Waals surface area (Å²) in [6.45, 7) is 4.52. The van der Waals surface area contributed by atoms with Gasteiger partial charge in [0.25, 0.3) is 11.9 Å². The molecule has 4 rings (SSSR count). The quantitative estimate of drug-likeness (QED) is 0.712. The summed E-state index contributed by atoms with van der Waals surface area (Å²) in [4.78, 5) is 25.8. The van der Waals surface area contributed by atoms with Crippen LogP contribution in [0.25, 0.3) is 16.9 Å². The Labute approximate surface area is 164 Å². The van der Waals surface area contributed by atoms with Crippen LogP contribution in [0.1, 0.15) is 19.5 Å². The van der Waals surface area contributed by atoms with Gasteiger partial charge in [0.1, 0.15) is 11.5 Å². The van der Waals surface area contributed by atoms with E-state index in [4.69, 9.17) is 4.74 Å². The molecule has 29 heavy (non-hydrogen) atoms. The Kier molecular flexibility index (Phi) is 4.82. The van der Waals surface area contributed by atoms with Gasteiger partial charge < -0.3 is 15.0 Å². The van der Waals surface area contributed by atoms with Crippen molar-refractivity contribution in [2.24, 2.45) is 0 Å². The number of halogens is 2. The third-order valence-electron chi connectivity index (χ3n) is 4.44. The molecule has 0 aliphatic carbocycles. The fraction of sp³-hybridized carbons (Fsp3) is 0.389. The maximum atomic E-state index is 13.8. The second-order valence-corrected chi connectivity index (χ2v) is 6.73. The molecule has 152 valence electrons. The van der Waals surface area contributed by atoms with Gasteiger partial charge in [-0.05, 0) is 6.07 Å². The number of pyridine rings is 1. The molecule has 1 amide bonds. The number of nitrogens with zero attached hydrogens (tertiary/aromatic N) is 6. The fourth-order valence-electron chi connectivity index (χ4n) is 3.10. The summed E-state index contributed by atoms with van der Waals surface area (Å²) >= 11 is 0. The molecule has 1 aliphatic heterocycles. The predicted octanol–water partition coefficient (Wildman–Crippen LogP) is 2.12. The lowest BCUT2D eigenvalue weighted by atomic mass is 10.2. The number of nitrogens with one attached hydrogen (secondary N) is 1. The van der Waals surface area contributed by atoms with Crippen molar-refractivity contribution in [1.29, 1.82) is 0 Å². The minimum Gasteiger partial charge on any atom is -0.378 e. The predicted molar refractivity (Wildman–Crippen MR) is 101 cm³/mol. The van der Waals surface area contributed by atoms with Gasteiger partial charge in [-0.3, -0.25) is 4.79 Å². The van der Waals surface area contributed by atoms with E-state index in [1.165, 1.54) is 23.9 Å². The van der Waals surface area contributed by atoms with Gasteiger partial charge in [-0.25, -0.2) is 15.0 Å². The first-order valence-electron chi connectivity index (χ1n) is 9.04. The molecule has 0 spiro atoms. The number of morpholine rings is 1. The minimum absolute atomic E-state index is 0.00788. The number of amides is 1. The van der Waals surface area contributed by atoms with Crippen LogP contribution in [0.15, 0.2) is 24.5 Å². The molecule has 1 aliphatic rings. The lowest BCUT2D eigenvalue weighted by Gasteiger charge is -2.26. The van der Waals surface area contributed by atoms with Crippen LogP contribution in [-0.2, 0) is 15.5 Å². The molecular weight excluding hydrogens is 384 g/mol. The Morgan fingerprint density at radius 1 is 1.28 bits per heavy atom. The zero-order chi connectivity index (χ0) is 20.6. The minimum atomic E-state index is -3.11. The summed E-state index contributed by atoms with van der Waals surface area (Å²) in [6.07, 6.45) is 2.86. The van der Waals surface area contributed by atoms with Crippen LogP contribution in [-0.4, -0.2) is 56.9 Å². The van der Waals surface area contributed by atoms with Crippen LogP contribution < -0.4 is 10.2 Å². The summed E-state index contributed by atoms with van der Waals surface area (Å²) in [5, 5.41) is 7.90. The van der Waals surface area contributed by atoms with Gasteiger partial charge in [0.2, 0.25) is 5.91 Å². The number of rotatable bonds is 4. The molecule has 1 saturated heterocycles. The van der Waals surface area contributed by atoms with Crippen molar-refractivity contribution in [1.82, 2.24) is 24.7 Å². The van der Waals surface area contributed by atoms with Gasteiger partial charge in [0.05, 0.1) is 24.1 Å². The van der Waals surface area contributed by atoms with E-state index in [1.54, 1.807) is 12.3 Å². The van der Waals surface area contributed by atoms with E-state index in [0.29, 0.717) is 48.8 Å². The largest absolute Gasteiger partial charge is 0.378 e. The van der Waals surface area contributed by atoms with Crippen LogP contribution in [0.5, 0.6) is 0 Å². The molecule has 0 radical (unpaired) electrons. The molecule has 0 atom stereocenters. The second kappa shape index (κ2) is 7.32. The van der Waals surface area contributed by atoms with E-state index in [1.807, 2.05) is 4.90 Å². The maximum absolute atomic E-state index is 13.8. The average molecular weight is 403 g/mol. The molecule has 11 heteroatoms. The van der Waals surface area contributed by atoms with Crippen molar-refractivity contribution in [2.45, 2.75) is 19.8 Å². The van der Waals surface area contributed by atoms with Crippen LogP contribution in [0, 0.1) is 0 Å². The highest BCUT2D eigenvalue weighted by atomic mass is 19.3. The van der Waals surface area contributed by atoms with E-state index in [0.717, 1.165) is 6.92 Å². The Hall–Kier alpha value is -3.21. The molecule has 3 aromatic rings. The lowest BCUT2D eigenvalue weighted by molar-refractivity contribution is -0.114. The fourth-order valence-corrected chi connectivity index (χ4v) is 3.10. The van der Waals surface area contributed by atoms with Crippen molar-refractivity contribution in [3.63, 3.8) is 0 Å². The van der Waals surface area contributed by atoms with Crippen LogP contribution in [0.2, 0.25) is 0 Å². The Bertz CT molecular complexity index is 1060. The van der Waals surface area contributed by atoms with E-state index in [-0.39, 0.29) is 11.9 Å². The molecule has 4 heterocycles. The SMILES string of the molecule is CC(=O)Nc1cc2c(cn1)c(N1CCOCC1)nn2-c1nccc(C(C)(F)F)n1. The van der Waals surface area contributed by atoms with E-state index < -0.39 is 11.6 Å². The number of ether oxygens (including phenoxy) is 1. The Morgan fingerprint density at radius 3 is 2.72 bits per heavy atom. The molecule has 1 N–H and O–H groups in total. The van der Waals surface area contributed by atoms with Crippen molar-refractivity contribution in [3.8, 4) is 5.95 Å². The zero-order valence-corrected chi connectivity index (χ0v) is 15.9. The summed E-state index contributed by atoms with van der Waals surface area (Å²) in [7, 11) is 0. The lowest BCUT2D eigenvalue weighted by Crippen LogP contribution is -2.36. The topological polar surface area (TPSA) is 98.1 Å². The molecule has 0 saturated carbocycles. The van der Waals surface area contributed by atoms with Crippen LogP contribution in [0.3, 0.4) is 0 Å². The van der Waals surface area contributed by atoms with Gasteiger partial charge in [-0.1, -0.05) is 0 Å². The number of carbonyl (C=O) groups excluding carboxylic acids is 1. The van der Waals surface area contributed by atoms with Crippen molar-refractivity contribution in [3.05, 3.63) is 30.2 Å². The number of carbonyl (C=O) groups is 1. The standard InChI is InChI=1S/C18H19F2N7O2/c1-11(28)23-15-9-13-12(10-22-15)16(26-5-7-29-8-6-26)25-27(13)17-21-4-3-14(24-17)18(2,19)20/h3-4,9-10H,5-8H2,1-2H3,(H,22,23,28). The second-order valence-electron chi connectivity index (χ2n) is 6.73. The Balaban J connectivity index is 1.88.